The lowest BCUT2D eigenvalue weighted by Gasteiger charge is -2.24. The second-order valence-corrected chi connectivity index (χ2v) is 6.01. The number of amides is 1. The van der Waals surface area contributed by atoms with Crippen LogP contribution >= 0.6 is 0 Å². The highest BCUT2D eigenvalue weighted by atomic mass is 16.5. The molecule has 23 heavy (non-hydrogen) atoms. The molecule has 1 fully saturated rings. The minimum absolute atomic E-state index is 0.0219. The van der Waals surface area contributed by atoms with Crippen LogP contribution in [0, 0.1) is 18.3 Å². The van der Waals surface area contributed by atoms with Crippen molar-refractivity contribution >= 4 is 5.91 Å². The van der Waals surface area contributed by atoms with E-state index in [1.807, 2.05) is 24.3 Å². The van der Waals surface area contributed by atoms with Crippen LogP contribution in [0.1, 0.15) is 37.7 Å². The van der Waals surface area contributed by atoms with E-state index in [2.05, 4.69) is 17.8 Å². The largest absolute Gasteiger partial charge is 0.490 e. The molecule has 3 heteroatoms. The Balaban J connectivity index is 1.89. The molecule has 1 atom stereocenters. The molecule has 0 bridgehead atoms. The van der Waals surface area contributed by atoms with Crippen LogP contribution in [0.25, 0.3) is 0 Å². The van der Waals surface area contributed by atoms with E-state index in [0.717, 1.165) is 24.2 Å². The zero-order chi connectivity index (χ0) is 16.5. The summed E-state index contributed by atoms with van der Waals surface area (Å²) in [4.78, 5) is 12.4. The lowest BCUT2D eigenvalue weighted by atomic mass is 9.94. The third kappa shape index (κ3) is 5.49. The van der Waals surface area contributed by atoms with Gasteiger partial charge in [-0.15, -0.1) is 6.42 Å². The Hall–Kier alpha value is -2.21. The highest BCUT2D eigenvalue weighted by molar-refractivity contribution is 5.82. The first-order valence-corrected chi connectivity index (χ1v) is 8.32. The van der Waals surface area contributed by atoms with Gasteiger partial charge in [-0.2, -0.15) is 0 Å². The van der Waals surface area contributed by atoms with Crippen molar-refractivity contribution in [3.05, 3.63) is 42.5 Å². The second-order valence-electron chi connectivity index (χ2n) is 6.01. The van der Waals surface area contributed by atoms with Gasteiger partial charge in [-0.25, -0.2) is 0 Å². The summed E-state index contributed by atoms with van der Waals surface area (Å²) in [5.41, 5.74) is 1.04. The molecule has 1 N–H and O–H groups in total. The Labute approximate surface area is 139 Å². The molecule has 0 spiro atoms. The van der Waals surface area contributed by atoms with Crippen molar-refractivity contribution in [3.63, 3.8) is 0 Å². The summed E-state index contributed by atoms with van der Waals surface area (Å²) < 4.78 is 5.45. The molecular weight excluding hydrogens is 286 g/mol. The summed E-state index contributed by atoms with van der Waals surface area (Å²) >= 11 is 0. The summed E-state index contributed by atoms with van der Waals surface area (Å²) in [6, 6.07) is 7.99. The fourth-order valence-corrected chi connectivity index (χ4v) is 2.89. The Morgan fingerprint density at radius 1 is 1.35 bits per heavy atom. The van der Waals surface area contributed by atoms with Crippen molar-refractivity contribution in [2.45, 2.75) is 44.6 Å². The average Bonchev–Trinajstić information content (AvgIpc) is 2.59. The lowest BCUT2D eigenvalue weighted by molar-refractivity contribution is -0.124. The van der Waals surface area contributed by atoms with E-state index in [9.17, 15) is 4.79 Å². The summed E-state index contributed by atoms with van der Waals surface area (Å²) in [7, 11) is 0. The molecule has 1 aliphatic rings. The van der Waals surface area contributed by atoms with Gasteiger partial charge in [0.05, 0.1) is 0 Å². The van der Waals surface area contributed by atoms with Crippen LogP contribution in [-0.2, 0) is 11.2 Å². The van der Waals surface area contributed by atoms with Crippen molar-refractivity contribution in [1.29, 1.82) is 0 Å². The maximum absolute atomic E-state index is 12.4. The molecule has 1 unspecified atom stereocenters. The molecule has 1 amide bonds. The van der Waals surface area contributed by atoms with Gasteiger partial charge in [0.1, 0.15) is 18.3 Å². The molecule has 0 aromatic heterocycles. The van der Waals surface area contributed by atoms with Gasteiger partial charge in [0.2, 0.25) is 5.91 Å². The fraction of sp³-hybridized carbons (Fsp3) is 0.450. The molecule has 0 heterocycles. The zero-order valence-corrected chi connectivity index (χ0v) is 13.6. The first-order valence-electron chi connectivity index (χ1n) is 8.32. The maximum atomic E-state index is 12.4. The third-order valence-corrected chi connectivity index (χ3v) is 4.20. The van der Waals surface area contributed by atoms with Crippen molar-refractivity contribution in [3.8, 4) is 18.1 Å². The van der Waals surface area contributed by atoms with Crippen LogP contribution in [0.5, 0.6) is 5.75 Å². The van der Waals surface area contributed by atoms with Gasteiger partial charge in [-0.3, -0.25) is 4.79 Å². The minimum atomic E-state index is -0.420. The smallest absolute Gasteiger partial charge is 0.235 e. The molecule has 122 valence electrons. The predicted molar refractivity (Wildman–Crippen MR) is 93.2 cm³/mol. The van der Waals surface area contributed by atoms with Crippen molar-refractivity contribution in [2.24, 2.45) is 5.92 Å². The van der Waals surface area contributed by atoms with E-state index in [1.54, 1.807) is 6.08 Å². The van der Waals surface area contributed by atoms with E-state index < -0.39 is 5.92 Å². The number of carbonyl (C=O) groups is 1. The highest BCUT2D eigenvalue weighted by Gasteiger charge is 2.21. The van der Waals surface area contributed by atoms with E-state index in [-0.39, 0.29) is 5.91 Å². The molecule has 1 aromatic carbocycles. The number of terminal acetylenes is 1. The van der Waals surface area contributed by atoms with E-state index in [1.165, 1.54) is 19.3 Å². The Bertz CT molecular complexity index is 550. The van der Waals surface area contributed by atoms with Gasteiger partial charge in [0.15, 0.2) is 0 Å². The number of carbonyl (C=O) groups excluding carboxylic acids is 1. The number of hydrogen-bond acceptors (Lipinski definition) is 2. The zero-order valence-electron chi connectivity index (χ0n) is 13.6. The van der Waals surface area contributed by atoms with Gasteiger partial charge in [0, 0.05) is 6.04 Å². The first-order chi connectivity index (χ1) is 11.2. The monoisotopic (exact) mass is 311 g/mol. The summed E-state index contributed by atoms with van der Waals surface area (Å²) in [6.07, 6.45) is 13.6. The van der Waals surface area contributed by atoms with E-state index in [0.29, 0.717) is 19.1 Å². The average molecular weight is 311 g/mol. The molecule has 2 rings (SSSR count). The minimum Gasteiger partial charge on any atom is -0.490 e. The van der Waals surface area contributed by atoms with Crippen LogP contribution in [-0.4, -0.2) is 18.6 Å². The van der Waals surface area contributed by atoms with Crippen LogP contribution in [0.2, 0.25) is 0 Å². The van der Waals surface area contributed by atoms with Crippen molar-refractivity contribution in [1.82, 2.24) is 5.32 Å². The van der Waals surface area contributed by atoms with Crippen molar-refractivity contribution < 1.29 is 9.53 Å². The molecule has 0 radical (unpaired) electrons. The first kappa shape index (κ1) is 17.1. The Kier molecular flexibility index (Phi) is 6.75. The van der Waals surface area contributed by atoms with Gasteiger partial charge in [-0.05, 0) is 37.0 Å². The molecular formula is C20H25NO2. The molecule has 1 saturated carbocycles. The highest BCUT2D eigenvalue weighted by Crippen LogP contribution is 2.19. The Morgan fingerprint density at radius 2 is 2.04 bits per heavy atom. The van der Waals surface area contributed by atoms with Crippen LogP contribution in [0.4, 0.5) is 0 Å². The summed E-state index contributed by atoms with van der Waals surface area (Å²) in [5.74, 6) is 2.98. The molecule has 0 aliphatic heterocycles. The normalized spacial score (nSPS) is 16.1. The summed E-state index contributed by atoms with van der Waals surface area (Å²) in [5, 5.41) is 3.11. The quantitative estimate of drug-likeness (QED) is 0.618. The van der Waals surface area contributed by atoms with Crippen molar-refractivity contribution in [2.75, 3.05) is 6.61 Å². The number of rotatable bonds is 7. The van der Waals surface area contributed by atoms with Gasteiger partial charge in [-0.1, -0.05) is 50.0 Å². The molecule has 0 saturated heterocycles. The molecule has 3 nitrogen and oxygen atoms in total. The Morgan fingerprint density at radius 3 is 2.65 bits per heavy atom. The van der Waals surface area contributed by atoms with Crippen LogP contribution < -0.4 is 10.1 Å². The third-order valence-electron chi connectivity index (χ3n) is 4.20. The number of nitrogens with one attached hydrogen (secondary N) is 1. The summed E-state index contributed by atoms with van der Waals surface area (Å²) in [6.45, 7) is 4.10. The maximum Gasteiger partial charge on any atom is 0.235 e. The van der Waals surface area contributed by atoms with Gasteiger partial charge in [0.25, 0.3) is 0 Å². The van der Waals surface area contributed by atoms with Crippen LogP contribution in [0.3, 0.4) is 0 Å². The molecule has 1 aliphatic carbocycles. The standard InChI is InChI=1S/C20H25NO2/c1-3-14-23-19-12-10-16(11-13-19)15-17(4-2)20(22)21-18-8-6-5-7-9-18/h2-3,10-13,17-18H,1,5-9,14-15H2,(H,21,22). The van der Waals surface area contributed by atoms with Gasteiger partial charge >= 0.3 is 0 Å². The number of hydrogen-bond donors (Lipinski definition) is 1. The van der Waals surface area contributed by atoms with Gasteiger partial charge < -0.3 is 10.1 Å². The number of benzene rings is 1. The van der Waals surface area contributed by atoms with E-state index >= 15 is 0 Å². The lowest BCUT2D eigenvalue weighted by Crippen LogP contribution is -2.40. The topological polar surface area (TPSA) is 38.3 Å². The number of ether oxygens (including phenoxy) is 1. The van der Waals surface area contributed by atoms with Crippen LogP contribution in [0.15, 0.2) is 36.9 Å². The fourth-order valence-electron chi connectivity index (χ4n) is 2.89. The molecule has 1 aromatic rings. The SMILES string of the molecule is C#CC(Cc1ccc(OCC=C)cc1)C(=O)NC1CCCCC1. The van der Waals surface area contributed by atoms with E-state index in [4.69, 9.17) is 11.2 Å². The second kappa shape index (κ2) is 9.05. The predicted octanol–water partition coefficient (Wildman–Crippen LogP) is 3.49.